The first-order valence-corrected chi connectivity index (χ1v) is 14.4. The average molecular weight is 671 g/mol. The van der Waals surface area contributed by atoms with Gasteiger partial charge < -0.3 is 30.4 Å². The summed E-state index contributed by atoms with van der Waals surface area (Å²) in [7, 11) is 0. The number of halogens is 3. The Hall–Kier alpha value is -5.93. The van der Waals surface area contributed by atoms with Gasteiger partial charge in [-0.1, -0.05) is 60.7 Å². The number of carboxylic acid groups (broad SMARTS) is 2. The number of anilines is 2. The van der Waals surface area contributed by atoms with Gasteiger partial charge in [-0.2, -0.15) is 18.2 Å². The molecule has 13 nitrogen and oxygen atoms in total. The Morgan fingerprint density at radius 1 is 0.958 bits per heavy atom. The van der Waals surface area contributed by atoms with Gasteiger partial charge in [0.25, 0.3) is 5.82 Å². The fraction of sp³-hybridized carbons (Fsp3) is 0.250. The van der Waals surface area contributed by atoms with Crippen LogP contribution in [0, 0.1) is 6.92 Å². The number of alkyl carbamates (subject to hydrolysis) is 1. The summed E-state index contributed by atoms with van der Waals surface area (Å²) in [6.07, 6.45) is -2.89. The first kappa shape index (κ1) is 36.5. The normalized spacial score (nSPS) is 11.3. The van der Waals surface area contributed by atoms with Gasteiger partial charge in [0.15, 0.2) is 0 Å². The number of carboxylic acids is 2. The Kier molecular flexibility index (Phi) is 13.5. The van der Waals surface area contributed by atoms with Gasteiger partial charge in [-0.15, -0.1) is 0 Å². The molecule has 0 bridgehead atoms. The molecule has 1 amide bonds. The lowest BCUT2D eigenvalue weighted by molar-refractivity contribution is -0.361. The van der Waals surface area contributed by atoms with Crippen LogP contribution in [0.15, 0.2) is 90.0 Å². The summed E-state index contributed by atoms with van der Waals surface area (Å²) < 4.78 is 38.0. The van der Waals surface area contributed by atoms with E-state index in [9.17, 15) is 32.7 Å². The maximum absolute atomic E-state index is 12.8. The second-order valence-electron chi connectivity index (χ2n) is 10.3. The van der Waals surface area contributed by atoms with Crippen molar-refractivity contribution in [3.05, 3.63) is 118 Å². The number of nitrogens with one attached hydrogen (secondary N) is 4. The Bertz CT molecular complexity index is 1700. The number of aromatic amines is 1. The Morgan fingerprint density at radius 3 is 2.12 bits per heavy atom. The predicted octanol–water partition coefficient (Wildman–Crippen LogP) is 2.66. The average Bonchev–Trinajstić information content (AvgIpc) is 3.04. The summed E-state index contributed by atoms with van der Waals surface area (Å²) in [5.41, 5.74) is 3.07. The number of carbonyl (C=O) groups excluding carboxylic acids is 2. The molecule has 1 unspecified atom stereocenters. The topological polar surface area (TPSA) is 189 Å². The predicted molar refractivity (Wildman–Crippen MR) is 164 cm³/mol. The minimum Gasteiger partial charge on any atom is -0.542 e. The van der Waals surface area contributed by atoms with Gasteiger partial charge in [-0.3, -0.25) is 14.7 Å². The monoisotopic (exact) mass is 670 g/mol. The summed E-state index contributed by atoms with van der Waals surface area (Å²) >= 11 is 0. The Labute approximate surface area is 272 Å². The smallest absolute Gasteiger partial charge is 0.430 e. The third-order valence-electron chi connectivity index (χ3n) is 6.46. The number of aryl methyl sites for hydroxylation is 1. The summed E-state index contributed by atoms with van der Waals surface area (Å²) in [4.78, 5) is 52.5. The van der Waals surface area contributed by atoms with Crippen molar-refractivity contribution in [2.45, 2.75) is 51.8 Å². The number of alkyl halides is 3. The van der Waals surface area contributed by atoms with Gasteiger partial charge in [0.2, 0.25) is 0 Å². The maximum atomic E-state index is 12.8. The van der Waals surface area contributed by atoms with Gasteiger partial charge in [0.05, 0.1) is 18.7 Å². The molecular formula is C32H33F3N6O7. The number of aromatic nitrogens is 3. The second-order valence-corrected chi connectivity index (χ2v) is 10.3. The molecule has 2 heterocycles. The molecule has 16 heteroatoms. The summed E-state index contributed by atoms with van der Waals surface area (Å²) in [6, 6.07) is 22.2. The molecule has 2 aromatic heterocycles. The van der Waals surface area contributed by atoms with Crippen LogP contribution in [0.4, 0.5) is 29.6 Å². The largest absolute Gasteiger partial charge is 0.542 e. The van der Waals surface area contributed by atoms with E-state index in [1.165, 1.54) is 4.57 Å². The molecule has 4 aromatic rings. The van der Waals surface area contributed by atoms with Crippen molar-refractivity contribution in [1.82, 2.24) is 14.9 Å². The second kappa shape index (κ2) is 17.7. The standard InChI is InChI=1S/C30H32N6O5.C2HF3O2/c1-21-18-36(19-25(15-27(37)38)34-30(40)41-20-24-7-3-2-4-8-24)29(39)35-28(21)33-17-23-12-10-22(11-13-23)16-32-26-9-5-6-14-31-26;3-2(4,5)1(6)7/h2-14,18,25H,15-17,19-20H2,1H3,(H,31,32)(H,34,40)(H,37,38)(H,33,35,39);(H,6,7). The highest BCUT2D eigenvalue weighted by Gasteiger charge is 2.28. The molecule has 0 radical (unpaired) electrons. The molecule has 1 atom stereocenters. The van der Waals surface area contributed by atoms with Crippen LogP contribution in [0.1, 0.15) is 28.7 Å². The number of amides is 1. The number of aliphatic carboxylic acids is 2. The van der Waals surface area contributed by atoms with E-state index in [4.69, 9.17) is 14.6 Å². The minimum absolute atomic E-state index is 0.0412. The number of ether oxygens (including phenoxy) is 1. The van der Waals surface area contributed by atoms with E-state index in [1.807, 2.05) is 79.0 Å². The van der Waals surface area contributed by atoms with Crippen molar-refractivity contribution in [2.24, 2.45) is 0 Å². The van der Waals surface area contributed by atoms with Crippen LogP contribution in [-0.4, -0.2) is 44.9 Å². The van der Waals surface area contributed by atoms with Crippen molar-refractivity contribution in [3.63, 3.8) is 0 Å². The van der Waals surface area contributed by atoms with Crippen LogP contribution in [0.2, 0.25) is 0 Å². The molecule has 0 spiro atoms. The fourth-order valence-electron chi connectivity index (χ4n) is 4.11. The van der Waals surface area contributed by atoms with E-state index in [-0.39, 0.29) is 19.6 Å². The van der Waals surface area contributed by atoms with Crippen LogP contribution in [0.3, 0.4) is 0 Å². The molecule has 5 N–H and O–H groups in total. The van der Waals surface area contributed by atoms with E-state index in [1.54, 1.807) is 13.1 Å². The number of nitrogens with zero attached hydrogens (tertiary/aromatic N) is 2. The van der Waals surface area contributed by atoms with Crippen LogP contribution in [-0.2, 0) is 40.6 Å². The van der Waals surface area contributed by atoms with Gasteiger partial charge in [0, 0.05) is 30.9 Å². The van der Waals surface area contributed by atoms with E-state index in [2.05, 4.69) is 25.9 Å². The molecular weight excluding hydrogens is 637 g/mol. The number of hydrogen-bond donors (Lipinski definition) is 4. The van der Waals surface area contributed by atoms with Gasteiger partial charge in [-0.25, -0.2) is 14.6 Å². The number of H-pyrrole nitrogens is 1. The van der Waals surface area contributed by atoms with Gasteiger partial charge in [0.1, 0.15) is 24.9 Å². The fourth-order valence-corrected chi connectivity index (χ4v) is 4.11. The third kappa shape index (κ3) is 12.8. The van der Waals surface area contributed by atoms with Gasteiger partial charge >= 0.3 is 23.9 Å². The van der Waals surface area contributed by atoms with Crippen molar-refractivity contribution < 1.29 is 47.5 Å². The zero-order valence-electron chi connectivity index (χ0n) is 25.6. The molecule has 254 valence electrons. The number of pyridine rings is 1. The number of hydrogen-bond acceptors (Lipinski definition) is 9. The van der Waals surface area contributed by atoms with Crippen LogP contribution < -0.4 is 31.7 Å². The lowest BCUT2D eigenvalue weighted by Crippen LogP contribution is -2.42. The number of benzene rings is 2. The maximum Gasteiger partial charge on any atom is 0.430 e. The highest BCUT2D eigenvalue weighted by atomic mass is 19.4. The molecule has 0 saturated carbocycles. The zero-order valence-corrected chi connectivity index (χ0v) is 25.6. The number of carbonyl (C=O) groups is 3. The van der Waals surface area contributed by atoms with Crippen LogP contribution in [0.5, 0.6) is 0 Å². The molecule has 48 heavy (non-hydrogen) atoms. The Morgan fingerprint density at radius 2 is 1.56 bits per heavy atom. The molecule has 0 fully saturated rings. The van der Waals surface area contributed by atoms with Crippen LogP contribution in [0.25, 0.3) is 0 Å². The highest BCUT2D eigenvalue weighted by molar-refractivity contribution is 5.71. The molecule has 0 aliphatic heterocycles. The van der Waals surface area contributed by atoms with Crippen molar-refractivity contribution in [3.8, 4) is 0 Å². The van der Waals surface area contributed by atoms with Crippen molar-refractivity contribution >= 4 is 29.7 Å². The minimum atomic E-state index is -5.19. The summed E-state index contributed by atoms with van der Waals surface area (Å²) in [5.74, 6) is -2.76. The van der Waals surface area contributed by atoms with Gasteiger partial charge in [-0.05, 0) is 29.7 Å². The molecule has 4 rings (SSSR count). The SMILES string of the molecule is Cc1cn(CC(CC(=O)O)NC(=O)OCc2ccccc2)c(=O)nc1NCc1ccc(CNc2cccc[nH+]2)cc1.O=C([O-])C(F)(F)F. The highest BCUT2D eigenvalue weighted by Crippen LogP contribution is 2.13. The molecule has 2 aromatic carbocycles. The molecule has 0 aliphatic carbocycles. The van der Waals surface area contributed by atoms with E-state index in [0.717, 1.165) is 22.5 Å². The van der Waals surface area contributed by atoms with Crippen molar-refractivity contribution in [1.29, 1.82) is 0 Å². The number of rotatable bonds is 13. The molecule has 0 saturated heterocycles. The Balaban J connectivity index is 0.000000804. The summed E-state index contributed by atoms with van der Waals surface area (Å²) in [6.45, 7) is 2.91. The van der Waals surface area contributed by atoms with E-state index >= 15 is 0 Å². The van der Waals surface area contributed by atoms with E-state index in [0.29, 0.717) is 24.5 Å². The van der Waals surface area contributed by atoms with E-state index < -0.39 is 35.9 Å². The zero-order chi connectivity index (χ0) is 35.1. The first-order valence-electron chi connectivity index (χ1n) is 14.4. The lowest BCUT2D eigenvalue weighted by atomic mass is 10.1. The van der Waals surface area contributed by atoms with Crippen molar-refractivity contribution in [2.75, 3.05) is 10.6 Å². The first-order chi connectivity index (χ1) is 22.8. The van der Waals surface area contributed by atoms with Crippen LogP contribution >= 0.6 is 0 Å². The quantitative estimate of drug-likeness (QED) is 0.165. The third-order valence-corrected chi connectivity index (χ3v) is 6.46. The lowest BCUT2D eigenvalue weighted by Gasteiger charge is -2.19. The summed E-state index contributed by atoms with van der Waals surface area (Å²) in [5, 5.41) is 27.2. The molecule has 0 aliphatic rings.